The molecule has 2 aliphatic rings. The van der Waals surface area contributed by atoms with Gasteiger partial charge in [0.15, 0.2) is 0 Å². The highest BCUT2D eigenvalue weighted by atomic mass is 16.8. The number of non-ortho nitro benzene ring substituents is 1. The highest BCUT2D eigenvalue weighted by Gasteiger charge is 2.56. The Kier molecular flexibility index (Phi) is 11.1. The van der Waals surface area contributed by atoms with Crippen molar-refractivity contribution >= 4 is 17.6 Å². The average Bonchev–Trinajstić information content (AvgIpc) is 2.97. The number of hydrogen-bond acceptors (Lipinski definition) is 17. The van der Waals surface area contributed by atoms with Gasteiger partial charge in [-0.1, -0.05) is 0 Å². The zero-order chi connectivity index (χ0) is 31.4. The molecule has 0 spiro atoms. The normalized spacial score (nSPS) is 34.7. The van der Waals surface area contributed by atoms with Crippen molar-refractivity contribution in [1.82, 2.24) is 5.32 Å². The molecule has 2 heterocycles. The smallest absolute Gasteiger partial charge is 0.269 e. The fraction of sp³-hybridized carbons (Fsp3) is 0.652. The molecule has 2 aliphatic heterocycles. The van der Waals surface area contributed by atoms with Crippen LogP contribution in [0.15, 0.2) is 24.3 Å². The van der Waals surface area contributed by atoms with E-state index in [0.717, 1.165) is 24.3 Å². The molecule has 0 aromatic heterocycles. The predicted octanol–water partition coefficient (Wildman–Crippen LogP) is -6.41. The first-order chi connectivity index (χ1) is 19.8. The summed E-state index contributed by atoms with van der Waals surface area (Å²) in [6.07, 6.45) is -18.7. The number of rotatable bonds is 12. The van der Waals surface area contributed by atoms with Crippen molar-refractivity contribution in [2.24, 2.45) is 0 Å². The average molecular weight is 607 g/mol. The Hall–Kier alpha value is -3.08. The van der Waals surface area contributed by atoms with Crippen molar-refractivity contribution in [3.63, 3.8) is 0 Å². The van der Waals surface area contributed by atoms with E-state index in [4.69, 9.17) is 24.1 Å². The second-order valence-corrected chi connectivity index (χ2v) is 9.54. The molecule has 1 aromatic rings. The molecule has 2 fully saturated rings. The third-order valence-electron chi connectivity index (χ3n) is 6.72. The summed E-state index contributed by atoms with van der Waals surface area (Å²) in [5.41, 5.74) is -0.294. The third kappa shape index (κ3) is 7.10. The maximum atomic E-state index is 12.4. The summed E-state index contributed by atoms with van der Waals surface area (Å²) in [7, 11) is 0. The van der Waals surface area contributed by atoms with E-state index in [1.165, 1.54) is 0 Å². The minimum Gasteiger partial charge on any atom is -0.544 e. The molecule has 42 heavy (non-hydrogen) atoms. The SMILES string of the molecule is O=C(CO)N[C@H]1C([C@H](O)[C@H](O)CO)O[C@@](OC2C(O)[C@H](Oc3ccc([N+](=O)[O-])cc3)OC(CO)[C@@H]2O)(C(=O)[O-])C[C@H]1O. The molecule has 9 N–H and O–H groups in total. The van der Waals surface area contributed by atoms with Crippen LogP contribution in [0.5, 0.6) is 5.75 Å². The summed E-state index contributed by atoms with van der Waals surface area (Å²) in [6, 6.07) is 2.75. The number of nitrogens with zero attached hydrogens (tertiary/aromatic N) is 1. The summed E-state index contributed by atoms with van der Waals surface area (Å²) < 4.78 is 21.7. The van der Waals surface area contributed by atoms with Gasteiger partial charge in [-0.25, -0.2) is 0 Å². The number of carbonyl (C=O) groups excluding carboxylic acids is 2. The van der Waals surface area contributed by atoms with Crippen molar-refractivity contribution in [1.29, 1.82) is 0 Å². The fourth-order valence-corrected chi connectivity index (χ4v) is 4.53. The zero-order valence-electron chi connectivity index (χ0n) is 21.6. The molecule has 1 amide bonds. The number of benzene rings is 1. The van der Waals surface area contributed by atoms with Crippen LogP contribution in [0.4, 0.5) is 5.69 Å². The van der Waals surface area contributed by atoms with E-state index in [1.54, 1.807) is 0 Å². The maximum absolute atomic E-state index is 12.4. The van der Waals surface area contributed by atoms with E-state index < -0.39 is 110 Å². The molecule has 0 radical (unpaired) electrons. The van der Waals surface area contributed by atoms with Crippen LogP contribution in [0.3, 0.4) is 0 Å². The van der Waals surface area contributed by atoms with Gasteiger partial charge in [0.1, 0.15) is 61.1 Å². The number of aliphatic hydroxyl groups excluding tert-OH is 8. The van der Waals surface area contributed by atoms with Crippen LogP contribution in [0, 0.1) is 10.1 Å². The van der Waals surface area contributed by atoms with Gasteiger partial charge in [-0.2, -0.15) is 0 Å². The second-order valence-electron chi connectivity index (χ2n) is 9.54. The largest absolute Gasteiger partial charge is 0.544 e. The lowest BCUT2D eigenvalue weighted by molar-refractivity contribution is -0.404. The monoisotopic (exact) mass is 607 g/mol. The minimum atomic E-state index is -3.11. The lowest BCUT2D eigenvalue weighted by atomic mass is 9.88. The van der Waals surface area contributed by atoms with Gasteiger partial charge >= 0.3 is 0 Å². The first-order valence-electron chi connectivity index (χ1n) is 12.4. The molecule has 0 saturated carbocycles. The molecule has 3 rings (SSSR count). The van der Waals surface area contributed by atoms with Crippen LogP contribution in [-0.4, -0.2) is 144 Å². The van der Waals surface area contributed by atoms with Crippen molar-refractivity contribution in [2.75, 3.05) is 19.8 Å². The molecular weight excluding hydrogens is 576 g/mol. The molecule has 19 heteroatoms. The van der Waals surface area contributed by atoms with Gasteiger partial charge < -0.3 is 75.0 Å². The molecular formula is C23H31N2O17-. The lowest BCUT2D eigenvalue weighted by Crippen LogP contribution is -2.72. The minimum absolute atomic E-state index is 0.0842. The first kappa shape index (κ1) is 33.4. The Morgan fingerprint density at radius 3 is 2.29 bits per heavy atom. The second kappa shape index (κ2) is 13.9. The maximum Gasteiger partial charge on any atom is 0.269 e. The Bertz CT molecular complexity index is 1090. The predicted molar refractivity (Wildman–Crippen MR) is 128 cm³/mol. The summed E-state index contributed by atoms with van der Waals surface area (Å²) >= 11 is 0. The molecule has 1 aromatic carbocycles. The van der Waals surface area contributed by atoms with Gasteiger partial charge in [0.05, 0.1) is 30.3 Å². The summed E-state index contributed by atoms with van der Waals surface area (Å²) in [6.45, 7) is -3.07. The number of carbonyl (C=O) groups is 2. The van der Waals surface area contributed by atoms with Crippen LogP contribution in [0.2, 0.25) is 0 Å². The van der Waals surface area contributed by atoms with E-state index in [0.29, 0.717) is 0 Å². The summed E-state index contributed by atoms with van der Waals surface area (Å²) in [4.78, 5) is 34.4. The number of ether oxygens (including phenoxy) is 4. The quantitative estimate of drug-likeness (QED) is 0.0787. The van der Waals surface area contributed by atoms with E-state index in [-0.39, 0.29) is 11.4 Å². The lowest BCUT2D eigenvalue weighted by Gasteiger charge is -2.51. The number of aliphatic hydroxyl groups is 8. The third-order valence-corrected chi connectivity index (χ3v) is 6.72. The van der Waals surface area contributed by atoms with Gasteiger partial charge in [0.25, 0.3) is 5.69 Å². The van der Waals surface area contributed by atoms with Crippen LogP contribution in [0.25, 0.3) is 0 Å². The molecule has 2 saturated heterocycles. The molecule has 11 atom stereocenters. The highest BCUT2D eigenvalue weighted by Crippen LogP contribution is 2.37. The molecule has 4 unspecified atom stereocenters. The van der Waals surface area contributed by atoms with E-state index >= 15 is 0 Å². The van der Waals surface area contributed by atoms with Crippen LogP contribution < -0.4 is 15.2 Å². The first-order valence-corrected chi connectivity index (χ1v) is 12.4. The van der Waals surface area contributed by atoms with Gasteiger partial charge in [0, 0.05) is 18.6 Å². The Morgan fingerprint density at radius 1 is 1.12 bits per heavy atom. The Morgan fingerprint density at radius 2 is 1.76 bits per heavy atom. The van der Waals surface area contributed by atoms with Gasteiger partial charge in [-0.3, -0.25) is 14.9 Å². The number of nitro benzene ring substituents is 1. The van der Waals surface area contributed by atoms with E-state index in [1.807, 2.05) is 0 Å². The summed E-state index contributed by atoms with van der Waals surface area (Å²) in [5, 5.41) is 106. The highest BCUT2D eigenvalue weighted by molar-refractivity contribution is 5.77. The van der Waals surface area contributed by atoms with E-state index in [9.17, 15) is 60.6 Å². The molecule has 0 aliphatic carbocycles. The zero-order valence-corrected chi connectivity index (χ0v) is 21.6. The Balaban J connectivity index is 1.94. The number of nitro groups is 1. The van der Waals surface area contributed by atoms with Crippen LogP contribution in [0.1, 0.15) is 6.42 Å². The van der Waals surface area contributed by atoms with Crippen LogP contribution in [-0.2, 0) is 23.8 Å². The standard InChI is InChI=1S/C23H32N2O17/c26-6-12(30)16(32)19-15(24-14(31)8-28)11(29)5-23(41-19,22(35)36)42-20-17(33)13(7-27)40-21(18(20)34)39-10-3-1-9(2-4-10)25(37)38/h1-4,11-13,15-21,26-30,32-34H,5-8H2,(H,24,31)(H,35,36)/p-1/t11-,12-,13?,15-,16-,17+,18?,19?,20?,21-,23+/m1/s1. The fourth-order valence-electron chi connectivity index (χ4n) is 4.53. The van der Waals surface area contributed by atoms with Gasteiger partial charge in [-0.15, -0.1) is 0 Å². The Labute approximate surface area is 236 Å². The number of carboxylic acid groups (broad SMARTS) is 1. The van der Waals surface area contributed by atoms with Crippen molar-refractivity contribution in [3.05, 3.63) is 34.4 Å². The molecule has 0 bridgehead atoms. The topological polar surface area (TPSA) is 311 Å². The number of nitrogens with one attached hydrogen (secondary N) is 1. The number of hydrogen-bond donors (Lipinski definition) is 9. The van der Waals surface area contributed by atoms with Crippen molar-refractivity contribution < 1.29 is 79.4 Å². The van der Waals surface area contributed by atoms with Crippen LogP contribution >= 0.6 is 0 Å². The molecule has 236 valence electrons. The number of amides is 1. The number of carboxylic acids is 1. The molecule has 19 nitrogen and oxygen atoms in total. The van der Waals surface area contributed by atoms with Crippen molar-refractivity contribution in [3.8, 4) is 5.75 Å². The number of aliphatic carboxylic acids is 1. The van der Waals surface area contributed by atoms with E-state index in [2.05, 4.69) is 5.32 Å². The van der Waals surface area contributed by atoms with Gasteiger partial charge in [-0.05, 0) is 12.1 Å². The summed E-state index contributed by atoms with van der Waals surface area (Å²) in [5.74, 6) is -6.49. The van der Waals surface area contributed by atoms with Gasteiger partial charge in [0.2, 0.25) is 18.0 Å². The van der Waals surface area contributed by atoms with Crippen molar-refractivity contribution in [2.45, 2.75) is 73.4 Å².